The highest BCUT2D eigenvalue weighted by molar-refractivity contribution is 6.33. The Kier molecular flexibility index (Phi) is 3.86. The fourth-order valence-corrected chi connectivity index (χ4v) is 2.33. The summed E-state index contributed by atoms with van der Waals surface area (Å²) in [6.45, 7) is 3.93. The van der Waals surface area contributed by atoms with E-state index in [1.807, 2.05) is 44.2 Å². The van der Waals surface area contributed by atoms with Gasteiger partial charge in [0.2, 0.25) is 0 Å². The van der Waals surface area contributed by atoms with Gasteiger partial charge < -0.3 is 17.2 Å². The SMILES string of the molecule is Cc1ccc(Cl)c(-c2cc(C)c(N=C(N)N)c(N)c2)c1. The first-order valence-corrected chi connectivity index (χ1v) is 6.52. The predicted octanol–water partition coefficient (Wildman–Crippen LogP) is 3.11. The topological polar surface area (TPSA) is 90.4 Å². The third kappa shape index (κ3) is 2.86. The van der Waals surface area contributed by atoms with Crippen molar-refractivity contribution in [2.24, 2.45) is 16.5 Å². The highest BCUT2D eigenvalue weighted by Crippen LogP contribution is 2.35. The van der Waals surface area contributed by atoms with Crippen molar-refractivity contribution in [1.29, 1.82) is 0 Å². The van der Waals surface area contributed by atoms with E-state index in [4.69, 9.17) is 28.8 Å². The molecule has 0 unspecified atom stereocenters. The first-order valence-electron chi connectivity index (χ1n) is 6.14. The number of benzene rings is 2. The monoisotopic (exact) mass is 288 g/mol. The molecular formula is C15H17ClN4. The highest BCUT2D eigenvalue weighted by atomic mass is 35.5. The van der Waals surface area contributed by atoms with Gasteiger partial charge in [-0.25, -0.2) is 4.99 Å². The number of aryl methyl sites for hydroxylation is 2. The number of hydrogen-bond acceptors (Lipinski definition) is 2. The van der Waals surface area contributed by atoms with Crippen LogP contribution in [0.2, 0.25) is 5.02 Å². The quantitative estimate of drug-likeness (QED) is 0.450. The molecule has 0 saturated carbocycles. The Morgan fingerprint density at radius 1 is 1.10 bits per heavy atom. The highest BCUT2D eigenvalue weighted by Gasteiger charge is 2.09. The summed E-state index contributed by atoms with van der Waals surface area (Å²) in [6.07, 6.45) is 0. The Labute approximate surface area is 123 Å². The van der Waals surface area contributed by atoms with Crippen molar-refractivity contribution in [3.63, 3.8) is 0 Å². The lowest BCUT2D eigenvalue weighted by molar-refractivity contribution is 1.36. The molecule has 0 amide bonds. The molecule has 0 fully saturated rings. The summed E-state index contributed by atoms with van der Waals surface area (Å²) in [5.41, 5.74) is 21.9. The summed E-state index contributed by atoms with van der Waals surface area (Å²) >= 11 is 6.25. The van der Waals surface area contributed by atoms with Crippen LogP contribution in [0.3, 0.4) is 0 Å². The van der Waals surface area contributed by atoms with Crippen LogP contribution in [0.15, 0.2) is 35.3 Å². The van der Waals surface area contributed by atoms with E-state index < -0.39 is 0 Å². The molecule has 0 aliphatic heterocycles. The normalized spacial score (nSPS) is 10.3. The number of guanidine groups is 1. The van der Waals surface area contributed by atoms with Crippen LogP contribution in [-0.2, 0) is 0 Å². The molecule has 0 aliphatic carbocycles. The van der Waals surface area contributed by atoms with Gasteiger partial charge in [0.15, 0.2) is 5.96 Å². The number of nitrogens with two attached hydrogens (primary N) is 3. The van der Waals surface area contributed by atoms with Crippen LogP contribution in [-0.4, -0.2) is 5.96 Å². The number of aliphatic imine (C=N–C) groups is 1. The van der Waals surface area contributed by atoms with E-state index in [0.29, 0.717) is 16.4 Å². The Morgan fingerprint density at radius 2 is 1.80 bits per heavy atom. The largest absolute Gasteiger partial charge is 0.397 e. The van der Waals surface area contributed by atoms with Gasteiger partial charge in [-0.05, 0) is 49.2 Å². The van der Waals surface area contributed by atoms with Gasteiger partial charge in [-0.3, -0.25) is 0 Å². The van der Waals surface area contributed by atoms with Crippen LogP contribution < -0.4 is 17.2 Å². The predicted molar refractivity (Wildman–Crippen MR) is 86.2 cm³/mol. The van der Waals surface area contributed by atoms with E-state index in [9.17, 15) is 0 Å². The zero-order valence-corrected chi connectivity index (χ0v) is 12.2. The third-order valence-corrected chi connectivity index (χ3v) is 3.33. The molecule has 2 aromatic rings. The number of hydrogen-bond donors (Lipinski definition) is 3. The van der Waals surface area contributed by atoms with Crippen LogP contribution in [0.1, 0.15) is 11.1 Å². The maximum absolute atomic E-state index is 6.25. The second kappa shape index (κ2) is 5.43. The van der Waals surface area contributed by atoms with Crippen molar-refractivity contribution in [2.75, 3.05) is 5.73 Å². The van der Waals surface area contributed by atoms with E-state index in [2.05, 4.69) is 4.99 Å². The summed E-state index contributed by atoms with van der Waals surface area (Å²) < 4.78 is 0. The second-order valence-electron chi connectivity index (χ2n) is 4.75. The molecule has 104 valence electrons. The molecule has 6 N–H and O–H groups in total. The maximum Gasteiger partial charge on any atom is 0.191 e. The molecule has 2 aromatic carbocycles. The average molecular weight is 289 g/mol. The van der Waals surface area contributed by atoms with Crippen LogP contribution in [0, 0.1) is 13.8 Å². The first kappa shape index (κ1) is 14.2. The van der Waals surface area contributed by atoms with Gasteiger partial charge >= 0.3 is 0 Å². The lowest BCUT2D eigenvalue weighted by Gasteiger charge is -2.11. The zero-order valence-electron chi connectivity index (χ0n) is 11.4. The van der Waals surface area contributed by atoms with E-state index >= 15 is 0 Å². The van der Waals surface area contributed by atoms with Crippen LogP contribution in [0.5, 0.6) is 0 Å². The summed E-state index contributed by atoms with van der Waals surface area (Å²) in [5, 5.41) is 0.684. The van der Waals surface area contributed by atoms with Crippen molar-refractivity contribution in [1.82, 2.24) is 0 Å². The van der Waals surface area contributed by atoms with Crippen molar-refractivity contribution in [2.45, 2.75) is 13.8 Å². The Bertz CT molecular complexity index is 665. The van der Waals surface area contributed by atoms with Gasteiger partial charge in [0.25, 0.3) is 0 Å². The van der Waals surface area contributed by atoms with E-state index in [1.165, 1.54) is 0 Å². The minimum atomic E-state index is -0.0128. The van der Waals surface area contributed by atoms with Crippen molar-refractivity contribution >= 4 is 28.9 Å². The van der Waals surface area contributed by atoms with Gasteiger partial charge in [0.1, 0.15) is 0 Å². The summed E-state index contributed by atoms with van der Waals surface area (Å²) in [5.74, 6) is -0.0128. The van der Waals surface area contributed by atoms with Crippen molar-refractivity contribution < 1.29 is 0 Å². The fraction of sp³-hybridized carbons (Fsp3) is 0.133. The molecule has 0 radical (unpaired) electrons. The molecule has 5 heteroatoms. The summed E-state index contributed by atoms with van der Waals surface area (Å²) in [4.78, 5) is 4.05. The molecular weight excluding hydrogens is 272 g/mol. The van der Waals surface area contributed by atoms with Crippen molar-refractivity contribution in [3.8, 4) is 11.1 Å². The Balaban J connectivity index is 2.61. The van der Waals surface area contributed by atoms with Crippen LogP contribution in [0.4, 0.5) is 11.4 Å². The van der Waals surface area contributed by atoms with Crippen molar-refractivity contribution in [3.05, 3.63) is 46.5 Å². The number of anilines is 1. The lowest BCUT2D eigenvalue weighted by atomic mass is 9.99. The standard InChI is InChI=1S/C15H17ClN4/c1-8-3-4-12(16)11(5-8)10-6-9(2)14(13(17)7-10)20-15(18)19/h3-7H,17H2,1-2H3,(H4,18,19,20). The number of nitrogens with zero attached hydrogens (tertiary/aromatic N) is 1. The number of rotatable bonds is 2. The minimum absolute atomic E-state index is 0.0128. The summed E-state index contributed by atoms with van der Waals surface area (Å²) in [6, 6.07) is 9.67. The molecule has 0 saturated heterocycles. The third-order valence-electron chi connectivity index (χ3n) is 3.00. The maximum atomic E-state index is 6.25. The average Bonchev–Trinajstić information content (AvgIpc) is 2.36. The molecule has 0 aliphatic rings. The fourth-order valence-electron chi connectivity index (χ4n) is 2.10. The molecule has 0 heterocycles. The van der Waals surface area contributed by atoms with Gasteiger partial charge in [-0.1, -0.05) is 23.2 Å². The molecule has 0 atom stereocenters. The van der Waals surface area contributed by atoms with Gasteiger partial charge in [-0.2, -0.15) is 0 Å². The molecule has 2 rings (SSSR count). The summed E-state index contributed by atoms with van der Waals surface area (Å²) in [7, 11) is 0. The second-order valence-corrected chi connectivity index (χ2v) is 5.16. The zero-order chi connectivity index (χ0) is 14.9. The minimum Gasteiger partial charge on any atom is -0.397 e. The number of halogens is 1. The van der Waals surface area contributed by atoms with Gasteiger partial charge in [0, 0.05) is 10.6 Å². The van der Waals surface area contributed by atoms with Gasteiger partial charge in [-0.15, -0.1) is 0 Å². The molecule has 0 bridgehead atoms. The Morgan fingerprint density at radius 3 is 2.40 bits per heavy atom. The van der Waals surface area contributed by atoms with Gasteiger partial charge in [0.05, 0.1) is 11.4 Å². The van der Waals surface area contributed by atoms with E-state index in [1.54, 1.807) is 0 Å². The lowest BCUT2D eigenvalue weighted by Crippen LogP contribution is -2.22. The smallest absolute Gasteiger partial charge is 0.191 e. The van der Waals surface area contributed by atoms with Crippen LogP contribution in [0.25, 0.3) is 11.1 Å². The van der Waals surface area contributed by atoms with E-state index in [-0.39, 0.29) is 5.96 Å². The molecule has 20 heavy (non-hydrogen) atoms. The molecule has 4 nitrogen and oxygen atoms in total. The van der Waals surface area contributed by atoms with Crippen LogP contribution >= 0.6 is 11.6 Å². The molecule has 0 aromatic heterocycles. The van der Waals surface area contributed by atoms with E-state index in [0.717, 1.165) is 22.3 Å². The number of nitrogen functional groups attached to an aromatic ring is 1. The molecule has 0 spiro atoms. The first-order chi connectivity index (χ1) is 9.38. The Hall–Kier alpha value is -2.20.